The van der Waals surface area contributed by atoms with Crippen molar-refractivity contribution in [3.05, 3.63) is 66.4 Å². The van der Waals surface area contributed by atoms with E-state index >= 15 is 0 Å². The second-order valence-corrected chi connectivity index (χ2v) is 9.51. The molecular weight excluding hydrogens is 394 g/mol. The smallest absolute Gasteiger partial charge is 0.226 e. The van der Waals surface area contributed by atoms with Crippen molar-refractivity contribution in [1.82, 2.24) is 9.47 Å². The highest BCUT2D eigenvalue weighted by molar-refractivity contribution is 5.92. The van der Waals surface area contributed by atoms with Gasteiger partial charge in [-0.15, -0.1) is 0 Å². The van der Waals surface area contributed by atoms with Crippen LogP contribution in [-0.4, -0.2) is 35.0 Å². The first-order chi connectivity index (χ1) is 15.6. The average Bonchev–Trinajstić information content (AvgIpc) is 3.23. The van der Waals surface area contributed by atoms with Gasteiger partial charge in [0.1, 0.15) is 0 Å². The Kier molecular flexibility index (Phi) is 7.64. The molecule has 2 aromatic carbocycles. The number of fused-ring (bicyclic) bond motifs is 1. The van der Waals surface area contributed by atoms with Crippen LogP contribution in [0.15, 0.2) is 60.8 Å². The van der Waals surface area contributed by atoms with Crippen LogP contribution in [0, 0.1) is 5.92 Å². The lowest BCUT2D eigenvalue weighted by molar-refractivity contribution is -0.118. The predicted molar refractivity (Wildman–Crippen MR) is 134 cm³/mol. The van der Waals surface area contributed by atoms with Crippen molar-refractivity contribution in [2.45, 2.75) is 58.4 Å². The molecule has 0 atom stereocenters. The summed E-state index contributed by atoms with van der Waals surface area (Å²) in [5.74, 6) is 0.726. The summed E-state index contributed by atoms with van der Waals surface area (Å²) in [6.07, 6.45) is 8.50. The van der Waals surface area contributed by atoms with Crippen LogP contribution in [0.3, 0.4) is 0 Å². The molecule has 0 saturated carbocycles. The van der Waals surface area contributed by atoms with Crippen molar-refractivity contribution >= 4 is 22.5 Å². The molecule has 1 saturated heterocycles. The Morgan fingerprint density at radius 3 is 2.41 bits per heavy atom. The first-order valence-electron chi connectivity index (χ1n) is 12.3. The zero-order chi connectivity index (χ0) is 22.3. The molecule has 4 nitrogen and oxygen atoms in total. The van der Waals surface area contributed by atoms with Crippen molar-refractivity contribution in [1.29, 1.82) is 0 Å². The number of hydrogen-bond donors (Lipinski definition) is 1. The summed E-state index contributed by atoms with van der Waals surface area (Å²) in [5, 5.41) is 4.32. The molecule has 170 valence electrons. The van der Waals surface area contributed by atoms with Gasteiger partial charge in [-0.05, 0) is 86.5 Å². The van der Waals surface area contributed by atoms with Crippen LogP contribution in [0.1, 0.15) is 57.4 Å². The standard InChI is InChI=1S/C28H37N3O/c1-22(2)28(32)29-26-12-10-23(11-13-26)24-14-19-30(20-15-24)17-6-3-7-18-31-21-16-25-8-4-5-9-27(25)31/h4-5,8-13,16,21-22,24H,3,6-7,14-15,17-20H2,1-2H3,(H,29,32). The van der Waals surface area contributed by atoms with E-state index in [4.69, 9.17) is 0 Å². The van der Waals surface area contributed by atoms with Crippen molar-refractivity contribution in [2.24, 2.45) is 5.92 Å². The molecule has 1 aliphatic rings. The SMILES string of the molecule is CC(C)C(=O)Nc1ccc(C2CCN(CCCCCn3ccc4ccccc43)CC2)cc1. The van der Waals surface area contributed by atoms with E-state index in [2.05, 4.69) is 75.6 Å². The molecular formula is C28H37N3O. The van der Waals surface area contributed by atoms with Gasteiger partial charge in [-0.3, -0.25) is 4.79 Å². The summed E-state index contributed by atoms with van der Waals surface area (Å²) in [4.78, 5) is 14.5. The Morgan fingerprint density at radius 1 is 0.938 bits per heavy atom. The number of anilines is 1. The lowest BCUT2D eigenvalue weighted by Gasteiger charge is -2.32. The van der Waals surface area contributed by atoms with E-state index in [0.29, 0.717) is 5.92 Å². The Balaban J connectivity index is 1.14. The van der Waals surface area contributed by atoms with Gasteiger partial charge in [0.25, 0.3) is 0 Å². The summed E-state index contributed by atoms with van der Waals surface area (Å²) in [6.45, 7) is 8.56. The molecule has 1 aliphatic heterocycles. The number of unbranched alkanes of at least 4 members (excludes halogenated alkanes) is 2. The predicted octanol–water partition coefficient (Wildman–Crippen LogP) is 6.29. The van der Waals surface area contributed by atoms with E-state index in [1.807, 2.05) is 13.8 Å². The van der Waals surface area contributed by atoms with Crippen LogP contribution in [-0.2, 0) is 11.3 Å². The van der Waals surface area contributed by atoms with E-state index in [1.165, 1.54) is 68.2 Å². The zero-order valence-corrected chi connectivity index (χ0v) is 19.6. The number of nitrogens with zero attached hydrogens (tertiary/aromatic N) is 2. The van der Waals surface area contributed by atoms with E-state index in [-0.39, 0.29) is 11.8 Å². The number of amides is 1. The number of rotatable bonds is 9. The Hall–Kier alpha value is -2.59. The molecule has 4 heteroatoms. The summed E-state index contributed by atoms with van der Waals surface area (Å²) in [7, 11) is 0. The Bertz CT molecular complexity index is 997. The van der Waals surface area contributed by atoms with Gasteiger partial charge in [-0.2, -0.15) is 0 Å². The maximum atomic E-state index is 11.9. The molecule has 0 radical (unpaired) electrons. The summed E-state index contributed by atoms with van der Waals surface area (Å²) in [6, 6.07) is 19.4. The molecule has 2 heterocycles. The number of carbonyl (C=O) groups is 1. The molecule has 0 aliphatic carbocycles. The zero-order valence-electron chi connectivity index (χ0n) is 19.6. The lowest BCUT2D eigenvalue weighted by Crippen LogP contribution is -2.33. The minimum atomic E-state index is 0.00720. The molecule has 1 N–H and O–H groups in total. The highest BCUT2D eigenvalue weighted by atomic mass is 16.1. The second kappa shape index (κ2) is 10.8. The minimum Gasteiger partial charge on any atom is -0.347 e. The van der Waals surface area contributed by atoms with Crippen molar-refractivity contribution in [3.8, 4) is 0 Å². The number of para-hydroxylation sites is 1. The van der Waals surface area contributed by atoms with Gasteiger partial charge in [0.05, 0.1) is 0 Å². The third kappa shape index (κ3) is 5.80. The van der Waals surface area contributed by atoms with Gasteiger partial charge in [-0.25, -0.2) is 0 Å². The highest BCUT2D eigenvalue weighted by Crippen LogP contribution is 2.29. The van der Waals surface area contributed by atoms with Crippen molar-refractivity contribution < 1.29 is 4.79 Å². The fourth-order valence-electron chi connectivity index (χ4n) is 4.75. The van der Waals surface area contributed by atoms with Crippen LogP contribution < -0.4 is 5.32 Å². The van der Waals surface area contributed by atoms with Crippen molar-refractivity contribution in [2.75, 3.05) is 25.0 Å². The topological polar surface area (TPSA) is 37.3 Å². The number of aryl methyl sites for hydroxylation is 1. The van der Waals surface area contributed by atoms with Gasteiger partial charge >= 0.3 is 0 Å². The van der Waals surface area contributed by atoms with Gasteiger partial charge in [0.2, 0.25) is 5.91 Å². The van der Waals surface area contributed by atoms with Crippen LogP contribution in [0.5, 0.6) is 0 Å². The first-order valence-corrected chi connectivity index (χ1v) is 12.3. The normalized spacial score (nSPS) is 15.5. The van der Waals surface area contributed by atoms with Gasteiger partial charge < -0.3 is 14.8 Å². The maximum absolute atomic E-state index is 11.9. The second-order valence-electron chi connectivity index (χ2n) is 9.51. The van der Waals surface area contributed by atoms with Gasteiger partial charge in [-0.1, -0.05) is 50.6 Å². The molecule has 32 heavy (non-hydrogen) atoms. The fourth-order valence-corrected chi connectivity index (χ4v) is 4.75. The quantitative estimate of drug-likeness (QED) is 0.405. The minimum absolute atomic E-state index is 0.00720. The monoisotopic (exact) mass is 431 g/mol. The number of piperidine rings is 1. The maximum Gasteiger partial charge on any atom is 0.226 e. The number of nitrogens with one attached hydrogen (secondary N) is 1. The van der Waals surface area contributed by atoms with Crippen molar-refractivity contribution in [3.63, 3.8) is 0 Å². The molecule has 1 aromatic heterocycles. The lowest BCUT2D eigenvalue weighted by atomic mass is 9.89. The summed E-state index contributed by atoms with van der Waals surface area (Å²) >= 11 is 0. The first kappa shape index (κ1) is 22.6. The summed E-state index contributed by atoms with van der Waals surface area (Å²) < 4.78 is 2.39. The largest absolute Gasteiger partial charge is 0.347 e. The molecule has 0 unspecified atom stereocenters. The average molecular weight is 432 g/mol. The van der Waals surface area contributed by atoms with Crippen LogP contribution in [0.2, 0.25) is 0 Å². The third-order valence-electron chi connectivity index (χ3n) is 6.82. The number of benzene rings is 2. The molecule has 0 bridgehead atoms. The van der Waals surface area contributed by atoms with E-state index in [0.717, 1.165) is 12.2 Å². The van der Waals surface area contributed by atoms with Gasteiger partial charge in [0.15, 0.2) is 0 Å². The molecule has 1 fully saturated rings. The van der Waals surface area contributed by atoms with Crippen LogP contribution >= 0.6 is 0 Å². The van der Waals surface area contributed by atoms with E-state index in [1.54, 1.807) is 0 Å². The van der Waals surface area contributed by atoms with E-state index in [9.17, 15) is 4.79 Å². The van der Waals surface area contributed by atoms with Crippen LogP contribution in [0.4, 0.5) is 5.69 Å². The number of carbonyl (C=O) groups excluding carboxylic acids is 1. The third-order valence-corrected chi connectivity index (χ3v) is 6.82. The molecule has 3 aromatic rings. The fraction of sp³-hybridized carbons (Fsp3) is 0.464. The Labute approximate surface area is 192 Å². The van der Waals surface area contributed by atoms with Gasteiger partial charge in [0, 0.05) is 29.9 Å². The molecule has 0 spiro atoms. The van der Waals surface area contributed by atoms with E-state index < -0.39 is 0 Å². The number of likely N-dealkylation sites (tertiary alicyclic amines) is 1. The molecule has 4 rings (SSSR count). The Morgan fingerprint density at radius 2 is 1.66 bits per heavy atom. The highest BCUT2D eigenvalue weighted by Gasteiger charge is 2.20. The van der Waals surface area contributed by atoms with Crippen LogP contribution in [0.25, 0.3) is 10.9 Å². The number of hydrogen-bond acceptors (Lipinski definition) is 2. The summed E-state index contributed by atoms with van der Waals surface area (Å²) in [5.41, 5.74) is 3.66. The molecule has 1 amide bonds. The number of aromatic nitrogens is 1.